The number of piperidine rings is 1. The summed E-state index contributed by atoms with van der Waals surface area (Å²) in [5.41, 5.74) is 3.36. The lowest BCUT2D eigenvalue weighted by Crippen LogP contribution is -2.41. The lowest BCUT2D eigenvalue weighted by Gasteiger charge is -2.33. The van der Waals surface area contributed by atoms with Crippen LogP contribution in [0.2, 0.25) is 0 Å². The van der Waals surface area contributed by atoms with E-state index in [0.29, 0.717) is 19.3 Å². The Morgan fingerprint density at radius 2 is 1.62 bits per heavy atom. The van der Waals surface area contributed by atoms with Crippen LogP contribution in [0.3, 0.4) is 0 Å². The Hall–Kier alpha value is -3.59. The minimum Gasteiger partial charge on any atom is -0.494 e. The van der Waals surface area contributed by atoms with E-state index in [1.807, 2.05) is 61.2 Å². The van der Waals surface area contributed by atoms with Gasteiger partial charge in [-0.3, -0.25) is 19.7 Å². The van der Waals surface area contributed by atoms with Crippen molar-refractivity contribution >= 4 is 10.9 Å². The maximum Gasteiger partial charge on any atom is 0.250 e. The van der Waals surface area contributed by atoms with Crippen molar-refractivity contribution in [3.63, 3.8) is 0 Å². The van der Waals surface area contributed by atoms with E-state index >= 15 is 0 Å². The SMILES string of the molecule is Cn1c(=O)ccc2cc(OCCCN(CCN3CCC(OCc4ccncc4)CC3)Cc3ccncc3)ccc21. The number of nitrogens with zero attached hydrogens (tertiary/aromatic N) is 5. The summed E-state index contributed by atoms with van der Waals surface area (Å²) in [5.74, 6) is 0.834. The van der Waals surface area contributed by atoms with Crippen molar-refractivity contribution in [1.29, 1.82) is 0 Å². The molecule has 0 aliphatic carbocycles. The fourth-order valence-electron chi connectivity index (χ4n) is 5.22. The first-order valence-electron chi connectivity index (χ1n) is 14.2. The summed E-state index contributed by atoms with van der Waals surface area (Å²) in [5, 5.41) is 1.01. The fraction of sp³-hybridized carbons (Fsp3) is 0.406. The zero-order chi connectivity index (χ0) is 27.6. The van der Waals surface area contributed by atoms with Crippen LogP contribution >= 0.6 is 0 Å². The molecule has 0 unspecified atom stereocenters. The highest BCUT2D eigenvalue weighted by Gasteiger charge is 2.20. The maximum atomic E-state index is 11.9. The number of benzene rings is 1. The van der Waals surface area contributed by atoms with E-state index in [2.05, 4.69) is 31.9 Å². The number of likely N-dealkylation sites (tertiary alicyclic amines) is 1. The van der Waals surface area contributed by atoms with E-state index in [-0.39, 0.29) is 5.56 Å². The molecule has 210 valence electrons. The van der Waals surface area contributed by atoms with Gasteiger partial charge in [-0.05, 0) is 78.9 Å². The van der Waals surface area contributed by atoms with Crippen molar-refractivity contribution in [3.05, 3.63) is 101 Å². The fourth-order valence-corrected chi connectivity index (χ4v) is 5.22. The molecule has 3 aromatic heterocycles. The minimum atomic E-state index is -0.00539. The number of aromatic nitrogens is 3. The zero-order valence-electron chi connectivity index (χ0n) is 23.3. The van der Waals surface area contributed by atoms with E-state index in [9.17, 15) is 4.79 Å². The molecule has 0 N–H and O–H groups in total. The first kappa shape index (κ1) is 28.0. The number of fused-ring (bicyclic) bond motifs is 1. The van der Waals surface area contributed by atoms with E-state index < -0.39 is 0 Å². The summed E-state index contributed by atoms with van der Waals surface area (Å²) >= 11 is 0. The summed E-state index contributed by atoms with van der Waals surface area (Å²) in [6.45, 7) is 7.36. The molecule has 1 aromatic carbocycles. The molecule has 1 aliphatic heterocycles. The normalized spacial score (nSPS) is 14.7. The van der Waals surface area contributed by atoms with E-state index in [1.165, 1.54) is 11.1 Å². The maximum absolute atomic E-state index is 11.9. The predicted octanol–water partition coefficient (Wildman–Crippen LogP) is 4.28. The van der Waals surface area contributed by atoms with Crippen LogP contribution in [0.1, 0.15) is 30.4 Å². The second-order valence-electron chi connectivity index (χ2n) is 10.5. The summed E-state index contributed by atoms with van der Waals surface area (Å²) in [7, 11) is 1.79. The molecule has 1 fully saturated rings. The average molecular weight is 542 g/mol. The summed E-state index contributed by atoms with van der Waals surface area (Å²) < 4.78 is 13.9. The summed E-state index contributed by atoms with van der Waals surface area (Å²) in [6, 6.07) is 17.6. The lowest BCUT2D eigenvalue weighted by atomic mass is 10.1. The van der Waals surface area contributed by atoms with E-state index in [0.717, 1.165) is 75.2 Å². The first-order chi connectivity index (χ1) is 19.6. The highest BCUT2D eigenvalue weighted by atomic mass is 16.5. The van der Waals surface area contributed by atoms with Crippen molar-refractivity contribution in [1.82, 2.24) is 24.3 Å². The second kappa shape index (κ2) is 14.2. The van der Waals surface area contributed by atoms with Gasteiger partial charge in [0.05, 0.1) is 24.8 Å². The molecule has 4 heterocycles. The molecule has 0 spiro atoms. The van der Waals surface area contributed by atoms with Gasteiger partial charge in [-0.15, -0.1) is 0 Å². The van der Waals surface area contributed by atoms with Crippen LogP contribution in [0.15, 0.2) is 84.2 Å². The van der Waals surface area contributed by atoms with E-state index in [4.69, 9.17) is 9.47 Å². The molecule has 1 saturated heterocycles. The first-order valence-corrected chi connectivity index (χ1v) is 14.2. The van der Waals surface area contributed by atoms with Crippen LogP contribution in [-0.2, 0) is 24.9 Å². The standard InChI is InChI=1S/C32H39N5O3/c1-35-31-5-4-30(23-28(31)3-6-32(35)38)39-22-2-17-37(24-26-7-13-33-14-8-26)21-20-36-18-11-29(12-19-36)40-25-27-9-15-34-16-10-27/h3-10,13-16,23,29H,2,11-12,17-22,24-25H2,1H3. The van der Waals surface area contributed by atoms with Gasteiger partial charge >= 0.3 is 0 Å². The van der Waals surface area contributed by atoms with Gasteiger partial charge in [0.25, 0.3) is 5.56 Å². The molecule has 4 aromatic rings. The number of ether oxygens (including phenoxy) is 2. The summed E-state index contributed by atoms with van der Waals surface area (Å²) in [4.78, 5) is 25.2. The topological polar surface area (TPSA) is 72.7 Å². The van der Waals surface area contributed by atoms with Gasteiger partial charge in [0, 0.05) is 82.6 Å². The molecule has 1 aliphatic rings. The molecule has 40 heavy (non-hydrogen) atoms. The molecule has 8 heteroatoms. The minimum absolute atomic E-state index is 0.00539. The zero-order valence-corrected chi connectivity index (χ0v) is 23.3. The van der Waals surface area contributed by atoms with Gasteiger partial charge in [-0.2, -0.15) is 0 Å². The molecule has 0 saturated carbocycles. The highest BCUT2D eigenvalue weighted by Crippen LogP contribution is 2.20. The Morgan fingerprint density at radius 3 is 2.38 bits per heavy atom. The van der Waals surface area contributed by atoms with E-state index in [1.54, 1.807) is 17.7 Å². The Bertz CT molecular complexity index is 1390. The average Bonchev–Trinajstić information content (AvgIpc) is 3.00. The van der Waals surface area contributed by atoms with Crippen LogP contribution in [0.25, 0.3) is 10.9 Å². The van der Waals surface area contributed by atoms with Crippen LogP contribution < -0.4 is 10.3 Å². The van der Waals surface area contributed by atoms with Crippen molar-refractivity contribution in [2.45, 2.75) is 38.5 Å². The number of aryl methyl sites for hydroxylation is 1. The molecular weight excluding hydrogens is 502 g/mol. The van der Waals surface area contributed by atoms with Gasteiger partial charge in [-0.25, -0.2) is 0 Å². The van der Waals surface area contributed by atoms with Crippen LogP contribution in [0.4, 0.5) is 0 Å². The third-order valence-corrected chi connectivity index (χ3v) is 7.64. The summed E-state index contributed by atoms with van der Waals surface area (Å²) in [6.07, 6.45) is 10.8. The van der Waals surface area contributed by atoms with Crippen molar-refractivity contribution < 1.29 is 9.47 Å². The molecular formula is C32H39N5O3. The Kier molecular flexibility index (Phi) is 9.90. The monoisotopic (exact) mass is 541 g/mol. The van der Waals surface area contributed by atoms with Crippen LogP contribution in [0.5, 0.6) is 5.75 Å². The number of hydrogen-bond donors (Lipinski definition) is 0. The van der Waals surface area contributed by atoms with Crippen LogP contribution in [-0.4, -0.2) is 69.8 Å². The number of rotatable bonds is 13. The number of pyridine rings is 3. The molecule has 0 atom stereocenters. The van der Waals surface area contributed by atoms with Gasteiger partial charge in [0.2, 0.25) is 0 Å². The Balaban J connectivity index is 1.08. The number of hydrogen-bond acceptors (Lipinski definition) is 7. The third kappa shape index (κ3) is 7.97. The highest BCUT2D eigenvalue weighted by molar-refractivity contribution is 5.80. The smallest absolute Gasteiger partial charge is 0.250 e. The predicted molar refractivity (Wildman–Crippen MR) is 157 cm³/mol. The van der Waals surface area contributed by atoms with Crippen molar-refractivity contribution in [3.8, 4) is 5.75 Å². The Labute approximate surface area is 236 Å². The van der Waals surface area contributed by atoms with Gasteiger partial charge in [0.15, 0.2) is 0 Å². The van der Waals surface area contributed by atoms with Crippen LogP contribution in [0, 0.1) is 0 Å². The molecule has 5 rings (SSSR count). The lowest BCUT2D eigenvalue weighted by molar-refractivity contribution is -0.00400. The quantitative estimate of drug-likeness (QED) is 0.234. The molecule has 0 radical (unpaired) electrons. The van der Waals surface area contributed by atoms with Crippen molar-refractivity contribution in [2.75, 3.05) is 39.3 Å². The van der Waals surface area contributed by atoms with Gasteiger partial charge in [-0.1, -0.05) is 0 Å². The van der Waals surface area contributed by atoms with Gasteiger partial charge < -0.3 is 18.9 Å². The molecule has 8 nitrogen and oxygen atoms in total. The van der Waals surface area contributed by atoms with Crippen molar-refractivity contribution in [2.24, 2.45) is 7.05 Å². The van der Waals surface area contributed by atoms with Gasteiger partial charge in [0.1, 0.15) is 5.75 Å². The third-order valence-electron chi connectivity index (χ3n) is 7.64. The second-order valence-corrected chi connectivity index (χ2v) is 10.5. The Morgan fingerprint density at radius 1 is 0.900 bits per heavy atom. The molecule has 0 bridgehead atoms. The molecule has 0 amide bonds. The largest absolute Gasteiger partial charge is 0.494 e.